The molecule has 2 amide bonds. The van der Waals surface area contributed by atoms with E-state index >= 15 is 0 Å². The highest BCUT2D eigenvalue weighted by atomic mass is 79.9. The van der Waals surface area contributed by atoms with Crippen molar-refractivity contribution in [2.24, 2.45) is 0 Å². The van der Waals surface area contributed by atoms with Crippen molar-refractivity contribution in [2.75, 3.05) is 23.7 Å². The van der Waals surface area contributed by atoms with Crippen LogP contribution in [-0.4, -0.2) is 45.1 Å². The first-order valence-corrected chi connectivity index (χ1v) is 11.0. The molecule has 156 valence electrons. The van der Waals surface area contributed by atoms with Crippen LogP contribution in [0.15, 0.2) is 38.7 Å². The monoisotopic (exact) mass is 490 g/mol. The zero-order valence-electron chi connectivity index (χ0n) is 16.1. The van der Waals surface area contributed by atoms with Gasteiger partial charge in [0.25, 0.3) is 5.91 Å². The maximum atomic E-state index is 12.4. The lowest BCUT2D eigenvalue weighted by Crippen LogP contribution is -2.33. The van der Waals surface area contributed by atoms with Crippen LogP contribution in [-0.2, 0) is 4.79 Å². The summed E-state index contributed by atoms with van der Waals surface area (Å²) >= 11 is 4.74. The van der Waals surface area contributed by atoms with Crippen molar-refractivity contribution in [3.63, 3.8) is 0 Å². The maximum absolute atomic E-state index is 12.4. The molecule has 0 bridgehead atoms. The molecule has 11 heteroatoms. The van der Waals surface area contributed by atoms with Gasteiger partial charge in [0.05, 0.1) is 18.3 Å². The van der Waals surface area contributed by atoms with Crippen LogP contribution in [0.4, 0.5) is 10.9 Å². The molecule has 0 aliphatic carbocycles. The molecule has 30 heavy (non-hydrogen) atoms. The summed E-state index contributed by atoms with van der Waals surface area (Å²) in [5.74, 6) is -0.0512. The topological polar surface area (TPSA) is 113 Å². The molecule has 0 radical (unpaired) electrons. The summed E-state index contributed by atoms with van der Waals surface area (Å²) in [5.41, 5.74) is 1.95. The third-order valence-electron chi connectivity index (χ3n) is 4.81. The molecular weight excluding hydrogens is 472 g/mol. The molecule has 2 aromatic heterocycles. The second-order valence-electron chi connectivity index (χ2n) is 6.91. The number of carbonyl (C=O) groups is 2. The van der Waals surface area contributed by atoms with Gasteiger partial charge in [-0.15, -0.1) is 11.3 Å². The van der Waals surface area contributed by atoms with Crippen molar-refractivity contribution in [3.05, 3.63) is 51.1 Å². The number of nitrogens with one attached hydrogen (secondary N) is 2. The lowest BCUT2D eigenvalue weighted by molar-refractivity contribution is -0.117. The largest absolute Gasteiger partial charge is 0.305 e. The van der Waals surface area contributed by atoms with Gasteiger partial charge in [-0.25, -0.2) is 9.61 Å². The number of thiazole rings is 1. The summed E-state index contributed by atoms with van der Waals surface area (Å²) in [7, 11) is 0. The Morgan fingerprint density at radius 3 is 2.80 bits per heavy atom. The average Bonchev–Trinajstić information content (AvgIpc) is 3.45. The zero-order valence-corrected chi connectivity index (χ0v) is 18.5. The normalized spacial score (nSPS) is 16.5. The van der Waals surface area contributed by atoms with E-state index in [1.807, 2.05) is 17.5 Å². The molecule has 0 spiro atoms. The van der Waals surface area contributed by atoms with Crippen LogP contribution in [0.5, 0.6) is 0 Å². The van der Waals surface area contributed by atoms with E-state index in [0.717, 1.165) is 29.6 Å². The molecule has 9 nitrogen and oxygen atoms in total. The van der Waals surface area contributed by atoms with E-state index in [2.05, 4.69) is 51.4 Å². The molecule has 2 N–H and O–H groups in total. The molecule has 3 aromatic rings. The molecule has 0 saturated carbocycles. The van der Waals surface area contributed by atoms with Crippen molar-refractivity contribution < 1.29 is 14.2 Å². The van der Waals surface area contributed by atoms with E-state index in [4.69, 9.17) is 0 Å². The highest BCUT2D eigenvalue weighted by molar-refractivity contribution is 9.10. The molecule has 1 fully saturated rings. The van der Waals surface area contributed by atoms with E-state index in [0.29, 0.717) is 22.2 Å². The Bertz CT molecular complexity index is 1050. The number of likely N-dealkylation sites (tertiary alicyclic amines) is 1. The summed E-state index contributed by atoms with van der Waals surface area (Å²) in [4.78, 5) is 31.5. The molecule has 1 aliphatic heterocycles. The zero-order chi connectivity index (χ0) is 21.1. The molecule has 3 heterocycles. The fraction of sp³-hybridized carbons (Fsp3) is 0.316. The van der Waals surface area contributed by atoms with Gasteiger partial charge in [0.15, 0.2) is 10.9 Å². The highest BCUT2D eigenvalue weighted by Gasteiger charge is 2.30. The molecule has 4 rings (SSSR count). The molecule has 1 atom stereocenters. The number of hydrogen-bond donors (Lipinski definition) is 2. The summed E-state index contributed by atoms with van der Waals surface area (Å²) in [6.07, 6.45) is 1.88. The lowest BCUT2D eigenvalue weighted by Gasteiger charge is -2.22. The number of anilines is 2. The minimum atomic E-state index is -0.206. The van der Waals surface area contributed by atoms with Gasteiger partial charge in [0.2, 0.25) is 5.91 Å². The third kappa shape index (κ3) is 4.74. The number of halogens is 1. The van der Waals surface area contributed by atoms with Gasteiger partial charge in [-0.3, -0.25) is 19.8 Å². The second kappa shape index (κ2) is 9.02. The van der Waals surface area contributed by atoms with E-state index in [-0.39, 0.29) is 24.4 Å². The van der Waals surface area contributed by atoms with Gasteiger partial charge in [-0.2, -0.15) is 0 Å². The minimum absolute atomic E-state index is 0.0295. The first-order valence-electron chi connectivity index (χ1n) is 9.35. The van der Waals surface area contributed by atoms with Crippen LogP contribution in [0.3, 0.4) is 0 Å². The minimum Gasteiger partial charge on any atom is -0.305 e. The standard InChI is InChI=1S/C19H19BrN6O3S/c1-11-17(25-29-24-11)22-16(27)9-26-8-2-3-15(26)14-10-30-19(21-14)23-18(28)12-4-6-13(20)7-5-12/h4-7,10,15H,2-3,8-9H2,1H3,(H,21,23,28)(H,22,25,27). The molecule has 1 aliphatic rings. The predicted octanol–water partition coefficient (Wildman–Crippen LogP) is 3.62. The van der Waals surface area contributed by atoms with Gasteiger partial charge in [0, 0.05) is 15.4 Å². The fourth-order valence-corrected chi connectivity index (χ4v) is 4.33. The van der Waals surface area contributed by atoms with Gasteiger partial charge in [-0.1, -0.05) is 21.1 Å². The van der Waals surface area contributed by atoms with E-state index < -0.39 is 0 Å². The first-order chi connectivity index (χ1) is 14.5. The Labute approximate surface area is 185 Å². The molecule has 1 unspecified atom stereocenters. The fourth-order valence-electron chi connectivity index (χ4n) is 3.32. The number of carbonyl (C=O) groups excluding carboxylic acids is 2. The van der Waals surface area contributed by atoms with Gasteiger partial charge < -0.3 is 5.32 Å². The quantitative estimate of drug-likeness (QED) is 0.542. The maximum Gasteiger partial charge on any atom is 0.257 e. The smallest absolute Gasteiger partial charge is 0.257 e. The van der Waals surface area contributed by atoms with Crippen LogP contribution in [0.2, 0.25) is 0 Å². The number of benzene rings is 1. The van der Waals surface area contributed by atoms with Gasteiger partial charge in [0.1, 0.15) is 5.69 Å². The van der Waals surface area contributed by atoms with Gasteiger partial charge >= 0.3 is 0 Å². The number of hydrogen-bond acceptors (Lipinski definition) is 8. The van der Waals surface area contributed by atoms with E-state index in [1.54, 1.807) is 19.1 Å². The number of aryl methyl sites for hydroxylation is 1. The number of aromatic nitrogens is 3. The van der Waals surface area contributed by atoms with Crippen molar-refractivity contribution >= 4 is 50.0 Å². The Morgan fingerprint density at radius 2 is 2.07 bits per heavy atom. The van der Waals surface area contributed by atoms with Crippen LogP contribution in [0.25, 0.3) is 0 Å². The summed E-state index contributed by atoms with van der Waals surface area (Å²) in [5, 5.41) is 15.4. The molecule has 1 saturated heterocycles. The van der Waals surface area contributed by atoms with Crippen molar-refractivity contribution in [1.82, 2.24) is 20.2 Å². The molecular formula is C19H19BrN6O3S. The van der Waals surface area contributed by atoms with Crippen LogP contribution in [0.1, 0.15) is 40.6 Å². The predicted molar refractivity (Wildman–Crippen MR) is 115 cm³/mol. The Balaban J connectivity index is 1.38. The third-order valence-corrected chi connectivity index (χ3v) is 6.12. The van der Waals surface area contributed by atoms with Crippen molar-refractivity contribution in [2.45, 2.75) is 25.8 Å². The van der Waals surface area contributed by atoms with Gasteiger partial charge in [-0.05, 0) is 55.7 Å². The lowest BCUT2D eigenvalue weighted by atomic mass is 10.2. The first kappa shape index (κ1) is 20.6. The van der Waals surface area contributed by atoms with E-state index in [9.17, 15) is 9.59 Å². The Kier molecular flexibility index (Phi) is 6.21. The van der Waals surface area contributed by atoms with Crippen molar-refractivity contribution in [1.29, 1.82) is 0 Å². The van der Waals surface area contributed by atoms with Crippen LogP contribution in [0, 0.1) is 6.92 Å². The second-order valence-corrected chi connectivity index (χ2v) is 8.69. The van der Waals surface area contributed by atoms with Crippen LogP contribution < -0.4 is 10.6 Å². The number of rotatable bonds is 6. The SMILES string of the molecule is Cc1nonc1NC(=O)CN1CCCC1c1csc(NC(=O)c2ccc(Br)cc2)n1. The summed E-state index contributed by atoms with van der Waals surface area (Å²) in [6, 6.07) is 7.16. The highest BCUT2D eigenvalue weighted by Crippen LogP contribution is 2.33. The van der Waals surface area contributed by atoms with Crippen LogP contribution >= 0.6 is 27.3 Å². The summed E-state index contributed by atoms with van der Waals surface area (Å²) in [6.45, 7) is 2.73. The van der Waals surface area contributed by atoms with E-state index in [1.165, 1.54) is 11.3 Å². The number of amides is 2. The Morgan fingerprint density at radius 1 is 1.27 bits per heavy atom. The average molecular weight is 491 g/mol. The number of nitrogens with zero attached hydrogens (tertiary/aromatic N) is 4. The Hall–Kier alpha value is -2.63. The van der Waals surface area contributed by atoms with Crippen molar-refractivity contribution in [3.8, 4) is 0 Å². The summed E-state index contributed by atoms with van der Waals surface area (Å²) < 4.78 is 5.52. The molecule has 1 aromatic carbocycles.